The highest BCUT2D eigenvalue weighted by molar-refractivity contribution is 8.01. The summed E-state index contributed by atoms with van der Waals surface area (Å²) in [6, 6.07) is 6.80. The minimum Gasteiger partial charge on any atom is -0.297 e. The Kier molecular flexibility index (Phi) is 4.65. The van der Waals surface area contributed by atoms with E-state index in [0.717, 1.165) is 5.75 Å². The lowest BCUT2D eigenvalue weighted by Crippen LogP contribution is -2.46. The van der Waals surface area contributed by atoms with Gasteiger partial charge in [0.1, 0.15) is 5.54 Å². The standard InChI is InChI=1S/C11H16N2S2/c1-9(2)13-11(3,7-12)8-15-10-5-4-6-14-10/h4-6,9,13H,8H2,1-3H3. The molecule has 15 heavy (non-hydrogen) atoms. The van der Waals surface area contributed by atoms with E-state index in [0.29, 0.717) is 6.04 Å². The zero-order valence-corrected chi connectivity index (χ0v) is 10.9. The third-order valence-electron chi connectivity index (χ3n) is 1.85. The maximum absolute atomic E-state index is 9.14. The Hall–Kier alpha value is -0.500. The molecule has 1 aromatic rings. The van der Waals surface area contributed by atoms with Gasteiger partial charge in [-0.15, -0.1) is 23.1 Å². The fourth-order valence-electron chi connectivity index (χ4n) is 1.30. The zero-order valence-electron chi connectivity index (χ0n) is 9.28. The molecular formula is C11H16N2S2. The second-order valence-electron chi connectivity index (χ2n) is 3.96. The molecule has 1 aromatic heterocycles. The summed E-state index contributed by atoms with van der Waals surface area (Å²) in [5, 5.41) is 14.5. The number of nitrogens with zero attached hydrogens (tertiary/aromatic N) is 1. The summed E-state index contributed by atoms with van der Waals surface area (Å²) in [4.78, 5) is 0. The number of rotatable bonds is 5. The molecule has 1 heterocycles. The van der Waals surface area contributed by atoms with Gasteiger partial charge in [0.2, 0.25) is 0 Å². The summed E-state index contributed by atoms with van der Waals surface area (Å²) in [7, 11) is 0. The second kappa shape index (κ2) is 5.55. The topological polar surface area (TPSA) is 35.8 Å². The molecule has 0 bridgehead atoms. The number of nitriles is 1. The van der Waals surface area contributed by atoms with Gasteiger partial charge in [-0.1, -0.05) is 6.07 Å². The fourth-order valence-corrected chi connectivity index (χ4v) is 3.12. The van der Waals surface area contributed by atoms with Gasteiger partial charge >= 0.3 is 0 Å². The number of thioether (sulfide) groups is 1. The molecule has 1 N–H and O–H groups in total. The summed E-state index contributed by atoms with van der Waals surface area (Å²) < 4.78 is 1.27. The third-order valence-corrected chi connectivity index (χ3v) is 4.30. The van der Waals surface area contributed by atoms with Crippen LogP contribution in [0.5, 0.6) is 0 Å². The van der Waals surface area contributed by atoms with E-state index in [9.17, 15) is 0 Å². The van der Waals surface area contributed by atoms with Gasteiger partial charge in [0.15, 0.2) is 0 Å². The van der Waals surface area contributed by atoms with E-state index >= 15 is 0 Å². The molecule has 0 radical (unpaired) electrons. The van der Waals surface area contributed by atoms with Gasteiger partial charge in [-0.3, -0.25) is 5.32 Å². The normalized spacial score (nSPS) is 14.9. The van der Waals surface area contributed by atoms with Crippen LogP contribution in [0.25, 0.3) is 0 Å². The summed E-state index contributed by atoms with van der Waals surface area (Å²) in [5.41, 5.74) is -0.442. The van der Waals surface area contributed by atoms with Crippen molar-refractivity contribution in [3.05, 3.63) is 17.5 Å². The lowest BCUT2D eigenvalue weighted by molar-refractivity contribution is 0.443. The summed E-state index contributed by atoms with van der Waals surface area (Å²) in [5.74, 6) is 0.780. The molecule has 0 spiro atoms. The Balaban J connectivity index is 2.50. The molecule has 0 aliphatic rings. The van der Waals surface area contributed by atoms with Crippen LogP contribution in [-0.2, 0) is 0 Å². The molecule has 0 saturated heterocycles. The van der Waals surface area contributed by atoms with Crippen molar-refractivity contribution in [1.29, 1.82) is 5.26 Å². The van der Waals surface area contributed by atoms with Crippen LogP contribution in [-0.4, -0.2) is 17.3 Å². The molecule has 0 saturated carbocycles. The van der Waals surface area contributed by atoms with Crippen LogP contribution in [0.15, 0.2) is 21.7 Å². The minimum atomic E-state index is -0.442. The molecule has 0 aromatic carbocycles. The molecule has 4 heteroatoms. The monoisotopic (exact) mass is 240 g/mol. The SMILES string of the molecule is CC(C)NC(C)(C#N)CSc1cccs1. The molecular weight excluding hydrogens is 224 g/mol. The Labute approximate surface area is 99.7 Å². The van der Waals surface area contributed by atoms with Gasteiger partial charge in [-0.2, -0.15) is 5.26 Å². The van der Waals surface area contributed by atoms with E-state index in [1.807, 2.05) is 13.0 Å². The highest BCUT2D eigenvalue weighted by Crippen LogP contribution is 2.26. The molecule has 1 unspecified atom stereocenters. The maximum atomic E-state index is 9.14. The van der Waals surface area contributed by atoms with Crippen molar-refractivity contribution in [1.82, 2.24) is 5.32 Å². The van der Waals surface area contributed by atoms with E-state index < -0.39 is 5.54 Å². The number of nitrogens with one attached hydrogen (secondary N) is 1. The Morgan fingerprint density at radius 1 is 1.67 bits per heavy atom. The third kappa shape index (κ3) is 4.25. The van der Waals surface area contributed by atoms with Crippen LogP contribution in [0.3, 0.4) is 0 Å². The molecule has 2 nitrogen and oxygen atoms in total. The zero-order chi connectivity index (χ0) is 11.3. The average Bonchev–Trinajstić information content (AvgIpc) is 2.66. The van der Waals surface area contributed by atoms with Crippen LogP contribution in [0, 0.1) is 11.3 Å². The van der Waals surface area contributed by atoms with Gasteiger partial charge < -0.3 is 0 Å². The highest BCUT2D eigenvalue weighted by atomic mass is 32.2. The smallest absolute Gasteiger partial charge is 0.113 e. The van der Waals surface area contributed by atoms with E-state index in [4.69, 9.17) is 5.26 Å². The van der Waals surface area contributed by atoms with E-state index in [1.165, 1.54) is 4.21 Å². The average molecular weight is 240 g/mol. The van der Waals surface area contributed by atoms with Gasteiger partial charge in [0, 0.05) is 11.8 Å². The van der Waals surface area contributed by atoms with Crippen molar-refractivity contribution in [2.45, 2.75) is 36.6 Å². The van der Waals surface area contributed by atoms with Gasteiger partial charge in [0.25, 0.3) is 0 Å². The number of hydrogen-bond donors (Lipinski definition) is 1. The van der Waals surface area contributed by atoms with Crippen LogP contribution < -0.4 is 5.32 Å². The van der Waals surface area contributed by atoms with Crippen LogP contribution in [0.1, 0.15) is 20.8 Å². The van der Waals surface area contributed by atoms with E-state index in [-0.39, 0.29) is 0 Å². The Morgan fingerprint density at radius 3 is 2.87 bits per heavy atom. The Bertz CT molecular complexity index is 327. The number of hydrogen-bond acceptors (Lipinski definition) is 4. The summed E-state index contributed by atoms with van der Waals surface area (Å²) in [6.07, 6.45) is 0. The predicted molar refractivity (Wildman–Crippen MR) is 67.3 cm³/mol. The molecule has 82 valence electrons. The Morgan fingerprint density at radius 2 is 2.40 bits per heavy atom. The summed E-state index contributed by atoms with van der Waals surface area (Å²) in [6.45, 7) is 6.07. The first-order valence-corrected chi connectivity index (χ1v) is 6.77. The molecule has 1 rings (SSSR count). The second-order valence-corrected chi connectivity index (χ2v) is 6.19. The first-order valence-electron chi connectivity index (χ1n) is 4.91. The fraction of sp³-hybridized carbons (Fsp3) is 0.545. The molecule has 1 atom stereocenters. The van der Waals surface area contributed by atoms with Crippen LogP contribution >= 0.6 is 23.1 Å². The van der Waals surface area contributed by atoms with E-state index in [1.54, 1.807) is 23.1 Å². The van der Waals surface area contributed by atoms with Crippen LogP contribution in [0.4, 0.5) is 0 Å². The molecule has 0 aliphatic heterocycles. The van der Waals surface area contributed by atoms with Crippen molar-refractivity contribution in [3.8, 4) is 6.07 Å². The molecule has 0 fully saturated rings. The summed E-state index contributed by atoms with van der Waals surface area (Å²) >= 11 is 3.45. The van der Waals surface area contributed by atoms with Crippen molar-refractivity contribution in [2.75, 3.05) is 5.75 Å². The molecule has 0 amide bonds. The quantitative estimate of drug-likeness (QED) is 0.803. The molecule has 0 aliphatic carbocycles. The first-order chi connectivity index (χ1) is 7.06. The van der Waals surface area contributed by atoms with Crippen molar-refractivity contribution >= 4 is 23.1 Å². The van der Waals surface area contributed by atoms with Crippen molar-refractivity contribution < 1.29 is 0 Å². The lowest BCUT2D eigenvalue weighted by Gasteiger charge is -2.25. The van der Waals surface area contributed by atoms with Crippen molar-refractivity contribution in [3.63, 3.8) is 0 Å². The number of thiophene rings is 1. The lowest BCUT2D eigenvalue weighted by atomic mass is 10.1. The highest BCUT2D eigenvalue weighted by Gasteiger charge is 2.24. The largest absolute Gasteiger partial charge is 0.297 e. The van der Waals surface area contributed by atoms with Gasteiger partial charge in [0.05, 0.1) is 10.3 Å². The first kappa shape index (κ1) is 12.6. The predicted octanol–water partition coefficient (Wildman–Crippen LogP) is 3.12. The van der Waals surface area contributed by atoms with E-state index in [2.05, 4.69) is 36.7 Å². The minimum absolute atomic E-state index is 0.332. The maximum Gasteiger partial charge on any atom is 0.113 e. The van der Waals surface area contributed by atoms with Gasteiger partial charge in [-0.25, -0.2) is 0 Å². The van der Waals surface area contributed by atoms with Crippen molar-refractivity contribution in [2.24, 2.45) is 0 Å². The van der Waals surface area contributed by atoms with Crippen LogP contribution in [0.2, 0.25) is 0 Å². The van der Waals surface area contributed by atoms with Gasteiger partial charge in [-0.05, 0) is 32.2 Å².